The number of carbonyl (C=O) groups excluding carboxylic acids is 1. The molecule has 7 heteroatoms. The lowest BCUT2D eigenvalue weighted by Gasteiger charge is -2.34. The molecule has 1 aliphatic rings. The second kappa shape index (κ2) is 10.0. The number of benzene rings is 1. The minimum absolute atomic E-state index is 0.0369. The topological polar surface area (TPSA) is 75.7 Å². The van der Waals surface area contributed by atoms with Crippen LogP contribution in [0.25, 0.3) is 0 Å². The molecule has 2 atom stereocenters. The molecule has 1 heterocycles. The molecule has 0 spiro atoms. The molecule has 0 radical (unpaired) electrons. The molecule has 1 aromatic carbocycles. The van der Waals surface area contributed by atoms with E-state index >= 15 is 0 Å². The molecule has 1 saturated heterocycles. The third-order valence-corrected chi connectivity index (χ3v) is 6.20. The monoisotopic (exact) mass is 394 g/mol. The number of ether oxygens (including phenoxy) is 1. The molecule has 6 nitrogen and oxygen atoms in total. The van der Waals surface area contributed by atoms with Gasteiger partial charge in [-0.05, 0) is 51.2 Å². The molecule has 150 valence electrons. The van der Waals surface area contributed by atoms with Crippen LogP contribution in [0.1, 0.15) is 31.7 Å². The summed E-state index contributed by atoms with van der Waals surface area (Å²) in [4.78, 5) is 14.6. The summed E-state index contributed by atoms with van der Waals surface area (Å²) in [5.41, 5.74) is 1.01. The summed E-state index contributed by atoms with van der Waals surface area (Å²) in [6, 6.07) is 6.78. The number of carbonyl (C=O) groups is 1. The highest BCUT2D eigenvalue weighted by Crippen LogP contribution is 2.18. The molecule has 0 saturated carbocycles. The smallest absolute Gasteiger partial charge is 0.251 e. The summed E-state index contributed by atoms with van der Waals surface area (Å²) in [6.07, 6.45) is 3.73. The van der Waals surface area contributed by atoms with Gasteiger partial charge in [-0.2, -0.15) is 0 Å². The fourth-order valence-electron chi connectivity index (χ4n) is 3.12. The zero-order valence-electron chi connectivity index (χ0n) is 16.2. The average molecular weight is 395 g/mol. The second-order valence-corrected chi connectivity index (χ2v) is 8.81. The normalized spacial score (nSPS) is 18.9. The van der Waals surface area contributed by atoms with Crippen LogP contribution < -0.4 is 4.72 Å². The summed E-state index contributed by atoms with van der Waals surface area (Å²) in [5, 5.41) is 0. The van der Waals surface area contributed by atoms with Crippen LogP contribution in [0.5, 0.6) is 0 Å². The van der Waals surface area contributed by atoms with Gasteiger partial charge in [-0.25, -0.2) is 13.1 Å². The molecule has 1 aromatic rings. The number of hydrogen-bond donors (Lipinski definition) is 1. The number of piperidine rings is 1. The van der Waals surface area contributed by atoms with E-state index in [1.807, 2.05) is 6.92 Å². The number of rotatable bonds is 9. The van der Waals surface area contributed by atoms with Gasteiger partial charge in [-0.3, -0.25) is 4.79 Å². The Labute approximate surface area is 162 Å². The molecule has 1 aliphatic heterocycles. The summed E-state index contributed by atoms with van der Waals surface area (Å²) in [7, 11) is -3.53. The molecule has 0 aliphatic carbocycles. The molecule has 27 heavy (non-hydrogen) atoms. The van der Waals surface area contributed by atoms with Crippen LogP contribution in [-0.4, -0.2) is 51.6 Å². The lowest BCUT2D eigenvalue weighted by molar-refractivity contribution is -0.144. The Morgan fingerprint density at radius 2 is 2.11 bits per heavy atom. The third kappa shape index (κ3) is 6.45. The van der Waals surface area contributed by atoms with Crippen molar-refractivity contribution < 1.29 is 17.9 Å². The van der Waals surface area contributed by atoms with Crippen LogP contribution in [-0.2, 0) is 19.6 Å². The summed E-state index contributed by atoms with van der Waals surface area (Å²) >= 11 is 0. The van der Waals surface area contributed by atoms with Gasteiger partial charge >= 0.3 is 0 Å². The van der Waals surface area contributed by atoms with Crippen LogP contribution >= 0.6 is 0 Å². The van der Waals surface area contributed by atoms with Crippen molar-refractivity contribution in [3.63, 3.8) is 0 Å². The first-order valence-corrected chi connectivity index (χ1v) is 10.9. The Morgan fingerprint density at radius 1 is 1.41 bits per heavy atom. The highest BCUT2D eigenvalue weighted by atomic mass is 32.2. The summed E-state index contributed by atoms with van der Waals surface area (Å²) in [5.74, 6) is 0.0634. The fraction of sp³-hybridized carbons (Fsp3) is 0.550. The maximum Gasteiger partial charge on any atom is 0.251 e. The molecule has 0 bridgehead atoms. The molecule has 1 amide bonds. The van der Waals surface area contributed by atoms with Crippen LogP contribution in [0.4, 0.5) is 0 Å². The number of hydrogen-bond acceptors (Lipinski definition) is 4. The van der Waals surface area contributed by atoms with Crippen LogP contribution in [0.2, 0.25) is 0 Å². The number of nitrogens with zero attached hydrogens (tertiary/aromatic N) is 1. The van der Waals surface area contributed by atoms with Gasteiger partial charge in [0.15, 0.2) is 0 Å². The Balaban J connectivity index is 1.87. The van der Waals surface area contributed by atoms with Gasteiger partial charge in [-0.1, -0.05) is 23.8 Å². The third-order valence-electron chi connectivity index (χ3n) is 4.76. The minimum atomic E-state index is -3.53. The Bertz CT molecular complexity index is 731. The van der Waals surface area contributed by atoms with E-state index in [1.165, 1.54) is 0 Å². The first-order valence-electron chi connectivity index (χ1n) is 9.41. The van der Waals surface area contributed by atoms with E-state index in [-0.39, 0.29) is 16.7 Å². The standard InChI is InChI=1S/C20H30N2O4S/c1-4-5-13-26-17(3)20(23)22-12-6-7-18(15-22)14-21-27(24,25)19-10-8-16(2)9-11-19/h4,8-11,17-18,21H,1,5-7,12-15H2,2-3H3. The quantitative estimate of drug-likeness (QED) is 0.516. The van der Waals surface area contributed by atoms with E-state index < -0.39 is 16.1 Å². The number of nitrogens with one attached hydrogen (secondary N) is 1. The zero-order valence-corrected chi connectivity index (χ0v) is 17.0. The average Bonchev–Trinajstić information content (AvgIpc) is 2.66. The first kappa shape index (κ1) is 21.6. The molecular weight excluding hydrogens is 364 g/mol. The van der Waals surface area contributed by atoms with Gasteiger partial charge in [0, 0.05) is 19.6 Å². The predicted molar refractivity (Wildman–Crippen MR) is 106 cm³/mol. The highest BCUT2D eigenvalue weighted by molar-refractivity contribution is 7.89. The van der Waals surface area contributed by atoms with E-state index in [4.69, 9.17) is 4.74 Å². The van der Waals surface area contributed by atoms with Gasteiger partial charge < -0.3 is 9.64 Å². The van der Waals surface area contributed by atoms with E-state index in [1.54, 1.807) is 42.2 Å². The van der Waals surface area contributed by atoms with Crippen molar-refractivity contribution in [3.8, 4) is 0 Å². The SMILES string of the molecule is C=CCCOC(C)C(=O)N1CCCC(CNS(=O)(=O)c2ccc(C)cc2)C1. The van der Waals surface area contributed by atoms with Crippen molar-refractivity contribution in [3.05, 3.63) is 42.5 Å². The highest BCUT2D eigenvalue weighted by Gasteiger charge is 2.28. The van der Waals surface area contributed by atoms with Crippen molar-refractivity contribution in [1.29, 1.82) is 0 Å². The predicted octanol–water partition coefficient (Wildman–Crippen LogP) is 2.49. The molecule has 2 rings (SSSR count). The Kier molecular flexibility index (Phi) is 8.01. The molecule has 0 aromatic heterocycles. The maximum atomic E-state index is 12.5. The van der Waals surface area contributed by atoms with Crippen LogP contribution in [0, 0.1) is 12.8 Å². The fourth-order valence-corrected chi connectivity index (χ4v) is 4.23. The van der Waals surface area contributed by atoms with Gasteiger partial charge in [0.25, 0.3) is 5.91 Å². The summed E-state index contributed by atoms with van der Waals surface area (Å²) < 4.78 is 33.1. The van der Waals surface area contributed by atoms with Gasteiger partial charge in [0.1, 0.15) is 6.10 Å². The van der Waals surface area contributed by atoms with Crippen molar-refractivity contribution in [1.82, 2.24) is 9.62 Å². The molecule has 1 N–H and O–H groups in total. The van der Waals surface area contributed by atoms with Crippen LogP contribution in [0.15, 0.2) is 41.8 Å². The lowest BCUT2D eigenvalue weighted by atomic mass is 9.98. The van der Waals surface area contributed by atoms with Crippen molar-refractivity contribution >= 4 is 15.9 Å². The van der Waals surface area contributed by atoms with E-state index in [2.05, 4.69) is 11.3 Å². The van der Waals surface area contributed by atoms with E-state index in [9.17, 15) is 13.2 Å². The number of likely N-dealkylation sites (tertiary alicyclic amines) is 1. The van der Waals surface area contributed by atoms with Gasteiger partial charge in [0.2, 0.25) is 10.0 Å². The van der Waals surface area contributed by atoms with Crippen LogP contribution in [0.3, 0.4) is 0 Å². The largest absolute Gasteiger partial charge is 0.368 e. The van der Waals surface area contributed by atoms with Crippen molar-refractivity contribution in [2.45, 2.75) is 44.1 Å². The molecular formula is C20H30N2O4S. The zero-order chi connectivity index (χ0) is 19.9. The van der Waals surface area contributed by atoms with Crippen molar-refractivity contribution in [2.75, 3.05) is 26.2 Å². The van der Waals surface area contributed by atoms with Gasteiger partial charge in [-0.15, -0.1) is 6.58 Å². The number of sulfonamides is 1. The number of amides is 1. The van der Waals surface area contributed by atoms with E-state index in [0.717, 1.165) is 18.4 Å². The Hall–Kier alpha value is -1.70. The molecule has 1 fully saturated rings. The second-order valence-electron chi connectivity index (χ2n) is 7.05. The minimum Gasteiger partial charge on any atom is -0.368 e. The summed E-state index contributed by atoms with van der Waals surface area (Å²) in [6.45, 7) is 9.35. The van der Waals surface area contributed by atoms with Crippen molar-refractivity contribution in [2.24, 2.45) is 5.92 Å². The first-order chi connectivity index (χ1) is 12.8. The number of aryl methyl sites for hydroxylation is 1. The Morgan fingerprint density at radius 3 is 2.78 bits per heavy atom. The van der Waals surface area contributed by atoms with E-state index in [0.29, 0.717) is 32.7 Å². The molecule has 2 unspecified atom stereocenters. The van der Waals surface area contributed by atoms with Gasteiger partial charge in [0.05, 0.1) is 11.5 Å². The maximum absolute atomic E-state index is 12.5. The lowest BCUT2D eigenvalue weighted by Crippen LogP contribution is -2.47.